The number of anilines is 2. The van der Waals surface area contributed by atoms with Crippen molar-refractivity contribution in [1.82, 2.24) is 24.5 Å². The monoisotopic (exact) mass is 347 g/mol. The van der Waals surface area contributed by atoms with Crippen LogP contribution in [0.4, 0.5) is 16.6 Å². The molecule has 0 saturated carbocycles. The van der Waals surface area contributed by atoms with Crippen LogP contribution in [-0.4, -0.2) is 67.9 Å². The largest absolute Gasteiger partial charge is 0.465 e. The summed E-state index contributed by atoms with van der Waals surface area (Å²) in [6, 6.07) is -0.241. The van der Waals surface area contributed by atoms with Gasteiger partial charge in [-0.1, -0.05) is 0 Å². The molecule has 1 aliphatic heterocycles. The lowest BCUT2D eigenvalue weighted by molar-refractivity contribution is 0.199. The number of carboxylic acid groups (broad SMARTS) is 1. The van der Waals surface area contributed by atoms with Crippen molar-refractivity contribution in [2.45, 2.75) is 39.2 Å². The summed E-state index contributed by atoms with van der Waals surface area (Å²) in [5.74, 6) is 0.900. The van der Waals surface area contributed by atoms with E-state index in [0.29, 0.717) is 11.5 Å². The highest BCUT2D eigenvalue weighted by Crippen LogP contribution is 2.20. The summed E-state index contributed by atoms with van der Waals surface area (Å²) in [6.07, 6.45) is 5.87. The smallest absolute Gasteiger partial charge is 0.414 e. The molecule has 0 atom stereocenters. The van der Waals surface area contributed by atoms with Gasteiger partial charge in [0.2, 0.25) is 11.6 Å². The molecule has 3 rings (SSSR count). The molecule has 2 N–H and O–H groups in total. The van der Waals surface area contributed by atoms with E-state index >= 15 is 0 Å². The normalized spacial score (nSPS) is 15.2. The van der Waals surface area contributed by atoms with E-state index in [1.165, 1.54) is 30.8 Å². The van der Waals surface area contributed by atoms with Gasteiger partial charge in [0.1, 0.15) is 0 Å². The molecule has 0 unspecified atom stereocenters. The fourth-order valence-electron chi connectivity index (χ4n) is 3.16. The van der Waals surface area contributed by atoms with Gasteiger partial charge in [-0.05, 0) is 52.7 Å². The van der Waals surface area contributed by atoms with Crippen LogP contribution in [0.2, 0.25) is 0 Å². The molecule has 2 aromatic rings. The number of rotatable bonds is 7. The van der Waals surface area contributed by atoms with Crippen LogP contribution < -0.4 is 10.2 Å². The van der Waals surface area contributed by atoms with Crippen molar-refractivity contribution in [3.05, 3.63) is 12.4 Å². The average molecular weight is 347 g/mol. The maximum atomic E-state index is 11.5. The Labute approximate surface area is 146 Å². The van der Waals surface area contributed by atoms with E-state index in [2.05, 4.69) is 25.4 Å². The number of fused-ring (bicyclic) bond motifs is 1. The fraction of sp³-hybridized carbons (Fsp3) is 0.625. The Morgan fingerprint density at radius 2 is 2.12 bits per heavy atom. The van der Waals surface area contributed by atoms with Crippen LogP contribution >= 0.6 is 0 Å². The van der Waals surface area contributed by atoms with Crippen molar-refractivity contribution < 1.29 is 9.90 Å². The van der Waals surface area contributed by atoms with Crippen LogP contribution in [-0.2, 0) is 0 Å². The minimum Gasteiger partial charge on any atom is -0.465 e. The number of nitrogens with zero attached hydrogens (tertiary/aromatic N) is 6. The zero-order valence-electron chi connectivity index (χ0n) is 14.7. The lowest BCUT2D eigenvalue weighted by Crippen LogP contribution is -2.37. The van der Waals surface area contributed by atoms with Crippen LogP contribution in [0.25, 0.3) is 5.65 Å². The Hall–Kier alpha value is -2.42. The third-order valence-corrected chi connectivity index (χ3v) is 4.39. The first-order valence-electron chi connectivity index (χ1n) is 8.76. The molecule has 0 aliphatic carbocycles. The predicted octanol–water partition coefficient (Wildman–Crippen LogP) is 1.91. The van der Waals surface area contributed by atoms with Gasteiger partial charge in [0, 0.05) is 25.0 Å². The highest BCUT2D eigenvalue weighted by atomic mass is 16.4. The van der Waals surface area contributed by atoms with Gasteiger partial charge in [-0.2, -0.15) is 0 Å². The highest BCUT2D eigenvalue weighted by molar-refractivity contribution is 5.85. The summed E-state index contributed by atoms with van der Waals surface area (Å²) < 4.78 is 1.66. The number of aromatic nitrogens is 4. The number of hydrogen-bond donors (Lipinski definition) is 2. The standard InChI is InChI=1S/C16H25N7O2/c1-12(2)23(16(24)25)15-20-19-14-13(18-7-11-22(14)15)17-6-5-10-21-8-3-4-9-21/h7,11-12H,3-6,8-10H2,1-2H3,(H,17,18)(H,24,25). The first-order chi connectivity index (χ1) is 12.1. The van der Waals surface area contributed by atoms with E-state index in [9.17, 15) is 9.90 Å². The van der Waals surface area contributed by atoms with Gasteiger partial charge < -0.3 is 15.3 Å². The molecule has 25 heavy (non-hydrogen) atoms. The second-order valence-electron chi connectivity index (χ2n) is 6.54. The minimum absolute atomic E-state index is 0.241. The van der Waals surface area contributed by atoms with Gasteiger partial charge in [-0.3, -0.25) is 4.40 Å². The minimum atomic E-state index is -1.05. The van der Waals surface area contributed by atoms with Crippen molar-refractivity contribution in [1.29, 1.82) is 0 Å². The molecule has 0 radical (unpaired) electrons. The molecular formula is C16H25N7O2. The topological polar surface area (TPSA) is 98.9 Å². The number of likely N-dealkylation sites (tertiary alicyclic amines) is 1. The Kier molecular flexibility index (Phi) is 5.32. The first kappa shape index (κ1) is 17.4. The van der Waals surface area contributed by atoms with Crippen molar-refractivity contribution in [3.8, 4) is 0 Å². The molecule has 3 heterocycles. The SMILES string of the molecule is CC(C)N(C(=O)O)c1nnc2c(NCCCN3CCCC3)nccn12. The summed E-state index contributed by atoms with van der Waals surface area (Å²) in [5, 5.41) is 20.9. The molecule has 1 saturated heterocycles. The maximum Gasteiger partial charge on any atom is 0.414 e. The van der Waals surface area contributed by atoms with Crippen molar-refractivity contribution in [2.75, 3.05) is 36.4 Å². The summed E-state index contributed by atoms with van der Waals surface area (Å²) in [5.41, 5.74) is 0.533. The molecule has 0 spiro atoms. The molecule has 1 aliphatic rings. The van der Waals surface area contributed by atoms with Crippen molar-refractivity contribution >= 4 is 23.5 Å². The highest BCUT2D eigenvalue weighted by Gasteiger charge is 2.24. The fourth-order valence-corrected chi connectivity index (χ4v) is 3.16. The molecule has 0 aromatic carbocycles. The molecule has 9 heteroatoms. The van der Waals surface area contributed by atoms with Crippen LogP contribution in [0, 0.1) is 0 Å². The maximum absolute atomic E-state index is 11.5. The quantitative estimate of drug-likeness (QED) is 0.738. The summed E-state index contributed by atoms with van der Waals surface area (Å²) in [7, 11) is 0. The van der Waals surface area contributed by atoms with Gasteiger partial charge >= 0.3 is 6.09 Å². The summed E-state index contributed by atoms with van der Waals surface area (Å²) >= 11 is 0. The Morgan fingerprint density at radius 1 is 1.36 bits per heavy atom. The average Bonchev–Trinajstić information content (AvgIpc) is 3.21. The molecule has 0 bridgehead atoms. The van der Waals surface area contributed by atoms with Gasteiger partial charge in [0.25, 0.3) is 0 Å². The lowest BCUT2D eigenvalue weighted by atomic mass is 10.3. The number of amides is 1. The Morgan fingerprint density at radius 3 is 2.80 bits per heavy atom. The van der Waals surface area contributed by atoms with Crippen molar-refractivity contribution in [3.63, 3.8) is 0 Å². The predicted molar refractivity (Wildman–Crippen MR) is 95.2 cm³/mol. The van der Waals surface area contributed by atoms with Gasteiger partial charge in [-0.15, -0.1) is 10.2 Å². The van der Waals surface area contributed by atoms with E-state index in [-0.39, 0.29) is 12.0 Å². The molecule has 9 nitrogen and oxygen atoms in total. The first-order valence-corrected chi connectivity index (χ1v) is 8.76. The van der Waals surface area contributed by atoms with E-state index in [1.54, 1.807) is 30.6 Å². The lowest BCUT2D eigenvalue weighted by Gasteiger charge is -2.20. The van der Waals surface area contributed by atoms with Gasteiger partial charge in [0.05, 0.1) is 0 Å². The number of hydrogen-bond acceptors (Lipinski definition) is 6. The van der Waals surface area contributed by atoms with Gasteiger partial charge in [-0.25, -0.2) is 14.7 Å². The Balaban J connectivity index is 1.70. The second-order valence-corrected chi connectivity index (χ2v) is 6.54. The number of carbonyl (C=O) groups is 1. The van der Waals surface area contributed by atoms with Crippen LogP contribution in [0.3, 0.4) is 0 Å². The number of nitrogens with one attached hydrogen (secondary N) is 1. The van der Waals surface area contributed by atoms with E-state index in [4.69, 9.17) is 0 Å². The third kappa shape index (κ3) is 3.81. The van der Waals surface area contributed by atoms with Crippen molar-refractivity contribution in [2.24, 2.45) is 0 Å². The zero-order chi connectivity index (χ0) is 17.8. The van der Waals surface area contributed by atoms with E-state index < -0.39 is 6.09 Å². The van der Waals surface area contributed by atoms with Gasteiger partial charge in [0.15, 0.2) is 5.82 Å². The van der Waals surface area contributed by atoms with E-state index in [1.807, 2.05) is 0 Å². The molecule has 136 valence electrons. The molecular weight excluding hydrogens is 322 g/mol. The molecule has 2 aromatic heterocycles. The van der Waals surface area contributed by atoms with Crippen LogP contribution in [0.1, 0.15) is 33.1 Å². The Bertz CT molecular complexity index is 724. The third-order valence-electron chi connectivity index (χ3n) is 4.39. The van der Waals surface area contributed by atoms with E-state index in [0.717, 1.165) is 19.5 Å². The summed E-state index contributed by atoms with van der Waals surface area (Å²) in [4.78, 5) is 19.5. The van der Waals surface area contributed by atoms with Crippen LogP contribution in [0.5, 0.6) is 0 Å². The zero-order valence-corrected chi connectivity index (χ0v) is 14.7. The second kappa shape index (κ2) is 7.64. The molecule has 1 fully saturated rings. The molecule has 1 amide bonds. The van der Waals surface area contributed by atoms with Crippen LogP contribution in [0.15, 0.2) is 12.4 Å². The summed E-state index contributed by atoms with van der Waals surface area (Å²) in [6.45, 7) is 7.86.